The van der Waals surface area contributed by atoms with Gasteiger partial charge in [-0.15, -0.1) is 0 Å². The minimum atomic E-state index is 0.0246. The lowest BCUT2D eigenvalue weighted by Crippen LogP contribution is -2.59. The Labute approximate surface area is 162 Å². The van der Waals surface area contributed by atoms with E-state index in [4.69, 9.17) is 0 Å². The molecule has 4 rings (SSSR count). The maximum atomic E-state index is 12.8. The van der Waals surface area contributed by atoms with Crippen LogP contribution in [-0.4, -0.2) is 59.4 Å². The highest BCUT2D eigenvalue weighted by Gasteiger charge is 2.40. The summed E-state index contributed by atoms with van der Waals surface area (Å²) >= 11 is 0. The van der Waals surface area contributed by atoms with Crippen molar-refractivity contribution in [2.24, 2.45) is 0 Å². The van der Waals surface area contributed by atoms with Crippen LogP contribution in [0.4, 0.5) is 0 Å². The lowest BCUT2D eigenvalue weighted by atomic mass is 9.81. The second kappa shape index (κ2) is 8.42. The van der Waals surface area contributed by atoms with Crippen molar-refractivity contribution in [3.05, 3.63) is 35.9 Å². The molecule has 0 saturated carbocycles. The number of hydrogen-bond acceptors (Lipinski definition) is 3. The molecule has 1 N–H and O–H groups in total. The Morgan fingerprint density at radius 3 is 2.26 bits per heavy atom. The summed E-state index contributed by atoms with van der Waals surface area (Å²) in [4.78, 5) is 29.8. The molecular weight excluding hydrogens is 338 g/mol. The average Bonchev–Trinajstić information content (AvgIpc) is 2.70. The van der Waals surface area contributed by atoms with E-state index in [2.05, 4.69) is 15.1 Å². The number of hydrogen-bond donors (Lipinski definition) is 1. The van der Waals surface area contributed by atoms with Crippen LogP contribution < -0.4 is 5.32 Å². The van der Waals surface area contributed by atoms with Gasteiger partial charge >= 0.3 is 0 Å². The molecule has 3 heterocycles. The van der Waals surface area contributed by atoms with E-state index in [0.717, 1.165) is 57.2 Å². The van der Waals surface area contributed by atoms with Crippen LogP contribution in [0, 0.1) is 0 Å². The molecule has 2 amide bonds. The van der Waals surface area contributed by atoms with Crippen molar-refractivity contribution in [2.45, 2.75) is 69.5 Å². The molecule has 1 aromatic rings. The molecule has 3 aliphatic rings. The molecule has 2 bridgehead atoms. The number of rotatable bonds is 4. The van der Waals surface area contributed by atoms with Gasteiger partial charge in [0.15, 0.2) is 0 Å². The van der Waals surface area contributed by atoms with Crippen molar-refractivity contribution in [2.75, 3.05) is 19.6 Å². The first-order valence-corrected chi connectivity index (χ1v) is 10.6. The molecule has 0 aliphatic carbocycles. The SMILES string of the molecule is O=C(NC1CC2CCCC(C1)N2CC(=O)N1CCCCC1)c1ccccc1. The Morgan fingerprint density at radius 2 is 1.59 bits per heavy atom. The number of fused-ring (bicyclic) bond motifs is 2. The third-order valence-electron chi connectivity index (χ3n) is 6.52. The summed E-state index contributed by atoms with van der Waals surface area (Å²) < 4.78 is 0. The number of nitrogens with one attached hydrogen (secondary N) is 1. The van der Waals surface area contributed by atoms with Crippen molar-refractivity contribution < 1.29 is 9.59 Å². The summed E-state index contributed by atoms with van der Waals surface area (Å²) in [7, 11) is 0. The molecule has 3 saturated heterocycles. The summed E-state index contributed by atoms with van der Waals surface area (Å²) in [6.45, 7) is 2.42. The van der Waals surface area contributed by atoms with Gasteiger partial charge in [-0.25, -0.2) is 0 Å². The number of nitrogens with zero attached hydrogens (tertiary/aromatic N) is 2. The lowest BCUT2D eigenvalue weighted by molar-refractivity contribution is -0.136. The quantitative estimate of drug-likeness (QED) is 0.888. The zero-order valence-corrected chi connectivity index (χ0v) is 16.1. The van der Waals surface area contributed by atoms with E-state index in [1.807, 2.05) is 30.3 Å². The Balaban J connectivity index is 1.36. The first-order chi connectivity index (χ1) is 13.2. The first kappa shape index (κ1) is 18.5. The van der Waals surface area contributed by atoms with Gasteiger partial charge < -0.3 is 10.2 Å². The van der Waals surface area contributed by atoms with Crippen molar-refractivity contribution in [1.29, 1.82) is 0 Å². The first-order valence-electron chi connectivity index (χ1n) is 10.6. The van der Waals surface area contributed by atoms with Crippen LogP contribution in [0.15, 0.2) is 30.3 Å². The second-order valence-electron chi connectivity index (χ2n) is 8.36. The van der Waals surface area contributed by atoms with Crippen molar-refractivity contribution >= 4 is 11.8 Å². The van der Waals surface area contributed by atoms with Crippen LogP contribution in [0.2, 0.25) is 0 Å². The van der Waals surface area contributed by atoms with Gasteiger partial charge in [-0.2, -0.15) is 0 Å². The lowest BCUT2D eigenvalue weighted by Gasteiger charge is -2.49. The fraction of sp³-hybridized carbons (Fsp3) is 0.636. The minimum Gasteiger partial charge on any atom is -0.349 e. The van der Waals surface area contributed by atoms with Crippen LogP contribution in [0.3, 0.4) is 0 Å². The van der Waals surface area contributed by atoms with E-state index in [9.17, 15) is 9.59 Å². The highest BCUT2D eigenvalue weighted by atomic mass is 16.2. The molecule has 5 nitrogen and oxygen atoms in total. The summed E-state index contributed by atoms with van der Waals surface area (Å²) in [6.07, 6.45) is 8.98. The zero-order chi connectivity index (χ0) is 18.6. The van der Waals surface area contributed by atoms with Crippen molar-refractivity contribution in [3.63, 3.8) is 0 Å². The Bertz CT molecular complexity index is 643. The second-order valence-corrected chi connectivity index (χ2v) is 8.36. The number of carbonyl (C=O) groups is 2. The molecule has 0 radical (unpaired) electrons. The molecule has 5 heteroatoms. The van der Waals surface area contributed by atoms with Gasteiger partial charge in [0, 0.05) is 36.8 Å². The highest BCUT2D eigenvalue weighted by Crippen LogP contribution is 2.34. The third-order valence-corrected chi connectivity index (χ3v) is 6.52. The predicted molar refractivity (Wildman–Crippen MR) is 105 cm³/mol. The van der Waals surface area contributed by atoms with Gasteiger partial charge in [-0.05, 0) is 57.1 Å². The van der Waals surface area contributed by atoms with E-state index in [0.29, 0.717) is 24.5 Å². The van der Waals surface area contributed by atoms with Crippen LogP contribution in [0.1, 0.15) is 61.7 Å². The predicted octanol–water partition coefficient (Wildman–Crippen LogP) is 2.81. The van der Waals surface area contributed by atoms with E-state index in [-0.39, 0.29) is 11.9 Å². The van der Waals surface area contributed by atoms with Crippen LogP contribution in [0.25, 0.3) is 0 Å². The van der Waals surface area contributed by atoms with Crippen LogP contribution in [0.5, 0.6) is 0 Å². The number of piperidine rings is 3. The molecule has 1 aromatic carbocycles. The molecule has 0 spiro atoms. The molecule has 3 aliphatic heterocycles. The Kier molecular flexibility index (Phi) is 5.77. The van der Waals surface area contributed by atoms with E-state index in [1.54, 1.807) is 0 Å². The largest absolute Gasteiger partial charge is 0.349 e. The smallest absolute Gasteiger partial charge is 0.251 e. The van der Waals surface area contributed by atoms with Crippen molar-refractivity contribution in [1.82, 2.24) is 15.1 Å². The van der Waals surface area contributed by atoms with Crippen LogP contribution >= 0.6 is 0 Å². The molecule has 27 heavy (non-hydrogen) atoms. The molecule has 2 unspecified atom stereocenters. The van der Waals surface area contributed by atoms with Gasteiger partial charge in [0.05, 0.1) is 6.54 Å². The number of carbonyl (C=O) groups excluding carboxylic acids is 2. The highest BCUT2D eigenvalue weighted by molar-refractivity contribution is 5.94. The summed E-state index contributed by atoms with van der Waals surface area (Å²) in [5, 5.41) is 3.24. The summed E-state index contributed by atoms with van der Waals surface area (Å²) in [6, 6.07) is 10.5. The van der Waals surface area contributed by atoms with Gasteiger partial charge in [-0.1, -0.05) is 24.6 Å². The fourth-order valence-corrected chi connectivity index (χ4v) is 5.11. The molecule has 2 atom stereocenters. The molecule has 146 valence electrons. The number of benzene rings is 1. The topological polar surface area (TPSA) is 52.7 Å². The summed E-state index contributed by atoms with van der Waals surface area (Å²) in [5.41, 5.74) is 0.727. The molecule has 3 fully saturated rings. The Hall–Kier alpha value is -1.88. The minimum absolute atomic E-state index is 0.0246. The molecule has 0 aromatic heterocycles. The number of likely N-dealkylation sites (tertiary alicyclic amines) is 1. The van der Waals surface area contributed by atoms with Crippen LogP contribution in [-0.2, 0) is 4.79 Å². The van der Waals surface area contributed by atoms with Gasteiger partial charge in [0.1, 0.15) is 0 Å². The van der Waals surface area contributed by atoms with E-state index >= 15 is 0 Å². The standard InChI is InChI=1S/C22H31N3O2/c26-21(24-12-5-2-6-13-24)16-25-19-10-7-11-20(25)15-18(14-19)23-22(27)17-8-3-1-4-9-17/h1,3-4,8-9,18-20H,2,5-7,10-16H2,(H,23,27). The van der Waals surface area contributed by atoms with E-state index in [1.165, 1.54) is 12.8 Å². The maximum Gasteiger partial charge on any atom is 0.251 e. The van der Waals surface area contributed by atoms with Gasteiger partial charge in [0.2, 0.25) is 5.91 Å². The van der Waals surface area contributed by atoms with Gasteiger partial charge in [-0.3, -0.25) is 14.5 Å². The van der Waals surface area contributed by atoms with E-state index < -0.39 is 0 Å². The maximum absolute atomic E-state index is 12.8. The third kappa shape index (κ3) is 4.34. The fourth-order valence-electron chi connectivity index (χ4n) is 5.11. The van der Waals surface area contributed by atoms with Gasteiger partial charge in [0.25, 0.3) is 5.91 Å². The molecular formula is C22H31N3O2. The monoisotopic (exact) mass is 369 g/mol. The Morgan fingerprint density at radius 1 is 0.926 bits per heavy atom. The van der Waals surface area contributed by atoms with Crippen molar-refractivity contribution in [3.8, 4) is 0 Å². The normalized spacial score (nSPS) is 28.6. The number of amides is 2. The zero-order valence-electron chi connectivity index (χ0n) is 16.1. The summed E-state index contributed by atoms with van der Waals surface area (Å²) in [5.74, 6) is 0.329. The average molecular weight is 370 g/mol.